The van der Waals surface area contributed by atoms with Crippen molar-refractivity contribution >= 4 is 40.6 Å². The Bertz CT molecular complexity index is 659. The van der Waals surface area contributed by atoms with Crippen LogP contribution in [0, 0.1) is 5.41 Å². The summed E-state index contributed by atoms with van der Waals surface area (Å²) in [5, 5.41) is 2.72. The highest BCUT2D eigenvalue weighted by Gasteiger charge is 2.67. The molecule has 1 heterocycles. The van der Waals surface area contributed by atoms with Crippen molar-refractivity contribution < 1.29 is 19.1 Å². The minimum Gasteiger partial charge on any atom is -0.454 e. The molecule has 2 aliphatic rings. The van der Waals surface area contributed by atoms with Gasteiger partial charge in [-0.15, -0.1) is 23.2 Å². The monoisotopic (exact) mass is 329 g/mol. The van der Waals surface area contributed by atoms with E-state index in [-0.39, 0.29) is 18.5 Å². The lowest BCUT2D eigenvalue weighted by Crippen LogP contribution is -2.26. The van der Waals surface area contributed by atoms with Gasteiger partial charge in [0.1, 0.15) is 4.33 Å². The van der Waals surface area contributed by atoms with Crippen molar-refractivity contribution in [2.45, 2.75) is 24.6 Å². The van der Waals surface area contributed by atoms with E-state index in [9.17, 15) is 9.59 Å². The van der Waals surface area contributed by atoms with Crippen molar-refractivity contribution in [3.05, 3.63) is 17.7 Å². The number of hydrogen-bond acceptors (Lipinski definition) is 4. The fraction of sp³-hybridized carbons (Fsp3) is 0.429. The quantitative estimate of drug-likeness (QED) is 0.683. The van der Waals surface area contributed by atoms with Crippen molar-refractivity contribution in [3.63, 3.8) is 0 Å². The maximum Gasteiger partial charge on any atom is 0.233 e. The Morgan fingerprint density at radius 2 is 1.81 bits per heavy atom. The molecule has 1 N–H and O–H groups in total. The van der Waals surface area contributed by atoms with Gasteiger partial charge in [-0.05, 0) is 26.3 Å². The summed E-state index contributed by atoms with van der Waals surface area (Å²) in [6.45, 7) is 3.19. The van der Waals surface area contributed by atoms with Gasteiger partial charge in [-0.25, -0.2) is 0 Å². The van der Waals surface area contributed by atoms with Crippen molar-refractivity contribution in [1.29, 1.82) is 0 Å². The molecule has 0 aromatic heterocycles. The fourth-order valence-electron chi connectivity index (χ4n) is 2.24. The first-order valence-electron chi connectivity index (χ1n) is 6.38. The molecule has 1 saturated carbocycles. The number of Topliss-reactive ketones (excluding diaryl/α,β-unsaturated/α-hetero) is 1. The standard InChI is InChI=1S/C14H13Cl2NO4/c1-7(18)8-3-10-11(21-6-20-10)4-9(8)17-12(19)13(2)5-14(13,15)16/h3-4H,5-6H2,1-2H3,(H,17,19). The Morgan fingerprint density at radius 3 is 2.33 bits per heavy atom. The SMILES string of the molecule is CC(=O)c1cc2c(cc1NC(=O)C1(C)CC1(Cl)Cl)OCO2. The first-order valence-corrected chi connectivity index (χ1v) is 7.14. The predicted molar refractivity (Wildman–Crippen MR) is 78.4 cm³/mol. The van der Waals surface area contributed by atoms with Gasteiger partial charge in [0.2, 0.25) is 12.7 Å². The van der Waals surface area contributed by atoms with Crippen molar-refractivity contribution in [1.82, 2.24) is 0 Å². The minimum absolute atomic E-state index is 0.0915. The number of amides is 1. The van der Waals surface area contributed by atoms with Crippen LogP contribution < -0.4 is 14.8 Å². The molecule has 1 atom stereocenters. The lowest BCUT2D eigenvalue weighted by Gasteiger charge is -2.15. The first-order chi connectivity index (χ1) is 9.74. The van der Waals surface area contributed by atoms with Gasteiger partial charge >= 0.3 is 0 Å². The second-order valence-electron chi connectivity index (χ2n) is 5.47. The van der Waals surface area contributed by atoms with E-state index in [4.69, 9.17) is 32.7 Å². The van der Waals surface area contributed by atoms with Gasteiger partial charge in [-0.1, -0.05) is 0 Å². The first kappa shape index (κ1) is 14.5. The normalized spacial score (nSPS) is 24.6. The zero-order chi connectivity index (χ0) is 15.4. The average Bonchev–Trinajstić information content (AvgIpc) is 2.75. The predicted octanol–water partition coefficient (Wildman–Crippen LogP) is 3.14. The molecule has 1 unspecified atom stereocenters. The largest absolute Gasteiger partial charge is 0.454 e. The molecule has 0 saturated heterocycles. The molecule has 3 rings (SSSR count). The molecule has 1 aromatic carbocycles. The lowest BCUT2D eigenvalue weighted by atomic mass is 10.1. The molecule has 5 nitrogen and oxygen atoms in total. The van der Waals surface area contributed by atoms with E-state index in [1.165, 1.54) is 6.92 Å². The number of alkyl halides is 2. The summed E-state index contributed by atoms with van der Waals surface area (Å²) >= 11 is 12.0. The van der Waals surface area contributed by atoms with Crippen LogP contribution in [0.2, 0.25) is 0 Å². The smallest absolute Gasteiger partial charge is 0.233 e. The lowest BCUT2D eigenvalue weighted by molar-refractivity contribution is -0.120. The Kier molecular flexibility index (Phi) is 3.11. The molecule has 7 heteroatoms. The van der Waals surface area contributed by atoms with Crippen molar-refractivity contribution in [3.8, 4) is 11.5 Å². The average molecular weight is 330 g/mol. The summed E-state index contributed by atoms with van der Waals surface area (Å²) in [7, 11) is 0. The van der Waals surface area contributed by atoms with Crippen LogP contribution in [-0.4, -0.2) is 22.8 Å². The van der Waals surface area contributed by atoms with E-state index in [2.05, 4.69) is 5.32 Å². The van der Waals surface area contributed by atoms with Gasteiger partial charge in [0, 0.05) is 11.6 Å². The van der Waals surface area contributed by atoms with E-state index in [0.717, 1.165) is 0 Å². The van der Waals surface area contributed by atoms with Crippen LogP contribution >= 0.6 is 23.2 Å². The van der Waals surface area contributed by atoms with Gasteiger partial charge in [0.25, 0.3) is 0 Å². The van der Waals surface area contributed by atoms with Crippen LogP contribution in [0.4, 0.5) is 5.69 Å². The highest BCUT2D eigenvalue weighted by molar-refractivity contribution is 6.53. The molecular formula is C14H13Cl2NO4. The molecule has 112 valence electrons. The minimum atomic E-state index is -1.07. The van der Waals surface area contributed by atoms with Gasteiger partial charge in [-0.2, -0.15) is 0 Å². The summed E-state index contributed by atoms with van der Waals surface area (Å²) in [6, 6.07) is 3.14. The summed E-state index contributed by atoms with van der Waals surface area (Å²) < 4.78 is 9.43. The van der Waals surface area contributed by atoms with Crippen LogP contribution in [0.5, 0.6) is 11.5 Å². The number of fused-ring (bicyclic) bond motifs is 1. The molecule has 0 radical (unpaired) electrons. The van der Waals surface area contributed by atoms with E-state index >= 15 is 0 Å². The van der Waals surface area contributed by atoms with E-state index in [0.29, 0.717) is 29.2 Å². The third kappa shape index (κ3) is 2.24. The van der Waals surface area contributed by atoms with Crippen LogP contribution in [-0.2, 0) is 4.79 Å². The molecule has 1 amide bonds. The van der Waals surface area contributed by atoms with Crippen LogP contribution in [0.15, 0.2) is 12.1 Å². The molecule has 21 heavy (non-hydrogen) atoms. The number of ether oxygens (including phenoxy) is 2. The zero-order valence-corrected chi connectivity index (χ0v) is 13.0. The topological polar surface area (TPSA) is 64.6 Å². The summed E-state index contributed by atoms with van der Waals surface area (Å²) in [6.07, 6.45) is 0.370. The van der Waals surface area contributed by atoms with Gasteiger partial charge in [-0.3, -0.25) is 9.59 Å². The molecule has 1 aliphatic heterocycles. The maximum absolute atomic E-state index is 12.3. The summed E-state index contributed by atoms with van der Waals surface area (Å²) in [5.74, 6) is 0.459. The molecule has 1 aromatic rings. The molecule has 1 fully saturated rings. The summed E-state index contributed by atoms with van der Waals surface area (Å²) in [4.78, 5) is 24.1. The highest BCUT2D eigenvalue weighted by atomic mass is 35.5. The fourth-order valence-corrected chi connectivity index (χ4v) is 2.95. The zero-order valence-electron chi connectivity index (χ0n) is 11.5. The highest BCUT2D eigenvalue weighted by Crippen LogP contribution is 2.64. The van der Waals surface area contributed by atoms with Gasteiger partial charge in [0.15, 0.2) is 17.3 Å². The Labute approximate surface area is 131 Å². The second-order valence-corrected chi connectivity index (χ2v) is 6.96. The number of carbonyl (C=O) groups is 2. The van der Waals surface area contributed by atoms with Crippen LogP contribution in [0.3, 0.4) is 0 Å². The Hall–Kier alpha value is -1.46. The third-order valence-electron chi connectivity index (χ3n) is 3.90. The summed E-state index contributed by atoms with van der Waals surface area (Å²) in [5.41, 5.74) is -0.138. The van der Waals surface area contributed by atoms with Gasteiger partial charge < -0.3 is 14.8 Å². The molecule has 1 aliphatic carbocycles. The van der Waals surface area contributed by atoms with E-state index in [1.54, 1.807) is 19.1 Å². The third-order valence-corrected chi connectivity index (χ3v) is 5.00. The number of nitrogens with one attached hydrogen (secondary N) is 1. The van der Waals surface area contributed by atoms with Crippen LogP contribution in [0.1, 0.15) is 30.6 Å². The molecule has 0 spiro atoms. The van der Waals surface area contributed by atoms with E-state index in [1.807, 2.05) is 0 Å². The van der Waals surface area contributed by atoms with Crippen molar-refractivity contribution in [2.75, 3.05) is 12.1 Å². The maximum atomic E-state index is 12.3. The van der Waals surface area contributed by atoms with Crippen LogP contribution in [0.25, 0.3) is 0 Å². The van der Waals surface area contributed by atoms with Gasteiger partial charge in [0.05, 0.1) is 11.1 Å². The number of benzene rings is 1. The number of hydrogen-bond donors (Lipinski definition) is 1. The molecular weight excluding hydrogens is 317 g/mol. The Morgan fingerprint density at radius 1 is 1.24 bits per heavy atom. The molecule has 0 bridgehead atoms. The second kappa shape index (κ2) is 4.52. The van der Waals surface area contributed by atoms with E-state index < -0.39 is 9.75 Å². The number of ketones is 1. The Balaban J connectivity index is 1.92. The number of carbonyl (C=O) groups excluding carboxylic acids is 2. The van der Waals surface area contributed by atoms with Crippen molar-refractivity contribution in [2.24, 2.45) is 5.41 Å². The number of anilines is 1. The number of rotatable bonds is 3. The number of halogens is 2.